The summed E-state index contributed by atoms with van der Waals surface area (Å²) in [5.41, 5.74) is 3.48. The van der Waals surface area contributed by atoms with Crippen LogP contribution in [0, 0.1) is 12.7 Å². The molecule has 1 amide bonds. The van der Waals surface area contributed by atoms with Gasteiger partial charge in [0.1, 0.15) is 5.82 Å². The second-order valence-corrected chi connectivity index (χ2v) is 6.62. The lowest BCUT2D eigenvalue weighted by atomic mass is 10.1. The van der Waals surface area contributed by atoms with E-state index >= 15 is 0 Å². The molecule has 0 aliphatic carbocycles. The average molecular weight is 387 g/mol. The van der Waals surface area contributed by atoms with Crippen LogP contribution in [0.5, 0.6) is 0 Å². The Morgan fingerprint density at radius 2 is 1.79 bits per heavy atom. The molecule has 1 aromatic heterocycles. The Morgan fingerprint density at radius 1 is 1.03 bits per heavy atom. The Hall–Kier alpha value is -3.87. The van der Waals surface area contributed by atoms with Crippen molar-refractivity contribution in [2.45, 2.75) is 13.5 Å². The first-order chi connectivity index (χ1) is 14.1. The lowest BCUT2D eigenvalue weighted by molar-refractivity contribution is 0.102. The van der Waals surface area contributed by atoms with Crippen molar-refractivity contribution in [1.82, 2.24) is 20.2 Å². The van der Waals surface area contributed by atoms with Crippen LogP contribution >= 0.6 is 0 Å². The lowest BCUT2D eigenvalue weighted by Gasteiger charge is -2.06. The molecule has 0 fully saturated rings. The van der Waals surface area contributed by atoms with Gasteiger partial charge in [-0.3, -0.25) is 4.79 Å². The van der Waals surface area contributed by atoms with Crippen molar-refractivity contribution in [3.05, 3.63) is 95.3 Å². The average Bonchev–Trinajstić information content (AvgIpc) is 3.20. The van der Waals surface area contributed by atoms with Crippen molar-refractivity contribution in [2.24, 2.45) is 0 Å². The molecule has 0 saturated heterocycles. The third kappa shape index (κ3) is 4.35. The van der Waals surface area contributed by atoms with Crippen LogP contribution in [0.25, 0.3) is 11.4 Å². The molecule has 0 aliphatic heterocycles. The predicted molar refractivity (Wildman–Crippen MR) is 108 cm³/mol. The van der Waals surface area contributed by atoms with Gasteiger partial charge < -0.3 is 5.32 Å². The summed E-state index contributed by atoms with van der Waals surface area (Å²) in [4.78, 5) is 13.8. The van der Waals surface area contributed by atoms with Gasteiger partial charge >= 0.3 is 0 Å². The molecule has 0 saturated carbocycles. The van der Waals surface area contributed by atoms with Crippen molar-refractivity contribution < 1.29 is 9.18 Å². The molecule has 1 heterocycles. The highest BCUT2D eigenvalue weighted by Crippen LogP contribution is 2.18. The number of nitrogens with one attached hydrogen (secondary N) is 1. The number of benzene rings is 3. The minimum atomic E-state index is -0.266. The summed E-state index contributed by atoms with van der Waals surface area (Å²) in [7, 11) is 0. The van der Waals surface area contributed by atoms with Gasteiger partial charge in [0.05, 0.1) is 6.54 Å². The van der Waals surface area contributed by atoms with Gasteiger partial charge in [0, 0.05) is 16.8 Å². The second kappa shape index (κ2) is 8.02. The van der Waals surface area contributed by atoms with E-state index in [4.69, 9.17) is 0 Å². The van der Waals surface area contributed by atoms with Crippen molar-refractivity contribution in [2.75, 3.05) is 5.32 Å². The number of halogens is 1. The van der Waals surface area contributed by atoms with Crippen LogP contribution in [-0.2, 0) is 6.54 Å². The number of amides is 1. The fourth-order valence-electron chi connectivity index (χ4n) is 2.86. The zero-order valence-electron chi connectivity index (χ0n) is 15.7. The van der Waals surface area contributed by atoms with Crippen LogP contribution in [0.4, 0.5) is 10.1 Å². The van der Waals surface area contributed by atoms with Gasteiger partial charge in [0.15, 0.2) is 0 Å². The molecule has 6 nitrogen and oxygen atoms in total. The molecular formula is C22H18FN5O. The number of anilines is 1. The van der Waals surface area contributed by atoms with E-state index in [9.17, 15) is 9.18 Å². The minimum absolute atomic E-state index is 0.171. The maximum Gasteiger partial charge on any atom is 0.255 e. The molecule has 0 atom stereocenters. The molecule has 7 heteroatoms. The summed E-state index contributed by atoms with van der Waals surface area (Å²) in [5, 5.41) is 15.3. The molecule has 0 radical (unpaired) electrons. The molecule has 4 aromatic rings. The van der Waals surface area contributed by atoms with E-state index in [1.54, 1.807) is 31.2 Å². The normalized spacial score (nSPS) is 10.7. The largest absolute Gasteiger partial charge is 0.322 e. The van der Waals surface area contributed by atoms with Gasteiger partial charge in [-0.05, 0) is 65.7 Å². The topological polar surface area (TPSA) is 72.7 Å². The second-order valence-electron chi connectivity index (χ2n) is 6.62. The molecule has 4 rings (SSSR count). The number of hydrogen-bond acceptors (Lipinski definition) is 4. The van der Waals surface area contributed by atoms with E-state index in [2.05, 4.69) is 20.7 Å². The summed E-state index contributed by atoms with van der Waals surface area (Å²) in [6, 6.07) is 21.2. The Morgan fingerprint density at radius 3 is 2.52 bits per heavy atom. The summed E-state index contributed by atoms with van der Waals surface area (Å²) >= 11 is 0. The first kappa shape index (κ1) is 18.5. The molecular weight excluding hydrogens is 369 g/mol. The summed E-state index contributed by atoms with van der Waals surface area (Å²) < 4.78 is 13.4. The Kier molecular flexibility index (Phi) is 5.11. The number of aromatic nitrogens is 4. The highest BCUT2D eigenvalue weighted by molar-refractivity contribution is 6.04. The Labute approximate surface area is 167 Å². The van der Waals surface area contributed by atoms with E-state index in [1.807, 2.05) is 42.5 Å². The number of nitrogens with zero attached hydrogens (tertiary/aromatic N) is 4. The van der Waals surface area contributed by atoms with Crippen LogP contribution in [0.1, 0.15) is 21.5 Å². The quantitative estimate of drug-likeness (QED) is 0.560. The Bertz CT molecular complexity index is 1140. The van der Waals surface area contributed by atoms with Crippen molar-refractivity contribution in [3.63, 3.8) is 0 Å². The highest BCUT2D eigenvalue weighted by Gasteiger charge is 2.10. The van der Waals surface area contributed by atoms with E-state index in [1.165, 1.54) is 10.9 Å². The number of para-hydroxylation sites is 1. The molecule has 0 spiro atoms. The molecule has 0 aliphatic rings. The van der Waals surface area contributed by atoms with Gasteiger partial charge in [0.2, 0.25) is 5.82 Å². The summed E-state index contributed by atoms with van der Waals surface area (Å²) in [5.74, 6) is 0.0000820. The smallest absolute Gasteiger partial charge is 0.255 e. The number of carbonyl (C=O) groups excluding carboxylic acids is 1. The lowest BCUT2D eigenvalue weighted by Crippen LogP contribution is -2.12. The van der Waals surface area contributed by atoms with Gasteiger partial charge in [-0.25, -0.2) is 4.39 Å². The molecule has 0 bridgehead atoms. The minimum Gasteiger partial charge on any atom is -0.322 e. The summed E-state index contributed by atoms with van der Waals surface area (Å²) in [6.45, 7) is 2.10. The van der Waals surface area contributed by atoms with Crippen molar-refractivity contribution in [3.8, 4) is 11.4 Å². The molecule has 29 heavy (non-hydrogen) atoms. The standard InChI is InChI=1S/C22H18FN5O/c1-15-13-18(11-12-20(15)23)21-25-27-28(26-21)14-16-7-9-17(10-8-16)22(29)24-19-5-3-2-4-6-19/h2-13H,14H2,1H3,(H,24,29). The molecule has 1 N–H and O–H groups in total. The predicted octanol–water partition coefficient (Wildman–Crippen LogP) is 4.09. The molecule has 144 valence electrons. The van der Waals surface area contributed by atoms with Gasteiger partial charge in [-0.2, -0.15) is 4.80 Å². The van der Waals surface area contributed by atoms with Crippen LogP contribution < -0.4 is 5.32 Å². The zero-order chi connectivity index (χ0) is 20.2. The third-order valence-electron chi connectivity index (χ3n) is 4.44. The van der Waals surface area contributed by atoms with E-state index < -0.39 is 0 Å². The van der Waals surface area contributed by atoms with E-state index in [0.29, 0.717) is 29.1 Å². The van der Waals surface area contributed by atoms with Gasteiger partial charge in [-0.1, -0.05) is 30.3 Å². The third-order valence-corrected chi connectivity index (χ3v) is 4.44. The fraction of sp³-hybridized carbons (Fsp3) is 0.0909. The van der Waals surface area contributed by atoms with Crippen LogP contribution in [0.3, 0.4) is 0 Å². The van der Waals surface area contributed by atoms with Gasteiger partial charge in [0.25, 0.3) is 5.91 Å². The van der Waals surface area contributed by atoms with E-state index in [0.717, 1.165) is 11.3 Å². The maximum atomic E-state index is 13.4. The van der Waals surface area contributed by atoms with Crippen molar-refractivity contribution in [1.29, 1.82) is 0 Å². The highest BCUT2D eigenvalue weighted by atomic mass is 19.1. The summed E-state index contributed by atoms with van der Waals surface area (Å²) in [6.07, 6.45) is 0. The number of aryl methyl sites for hydroxylation is 1. The SMILES string of the molecule is Cc1cc(-c2nnn(Cc3ccc(C(=O)Nc4ccccc4)cc3)n2)ccc1F. The Balaban J connectivity index is 1.43. The maximum absolute atomic E-state index is 13.4. The molecule has 0 unspecified atom stereocenters. The monoisotopic (exact) mass is 387 g/mol. The number of tetrazole rings is 1. The zero-order valence-corrected chi connectivity index (χ0v) is 15.7. The van der Waals surface area contributed by atoms with Crippen LogP contribution in [-0.4, -0.2) is 26.1 Å². The van der Waals surface area contributed by atoms with Crippen LogP contribution in [0.15, 0.2) is 72.8 Å². The van der Waals surface area contributed by atoms with Crippen LogP contribution in [0.2, 0.25) is 0 Å². The first-order valence-electron chi connectivity index (χ1n) is 9.08. The number of hydrogen-bond donors (Lipinski definition) is 1. The van der Waals surface area contributed by atoms with E-state index in [-0.39, 0.29) is 11.7 Å². The first-order valence-corrected chi connectivity index (χ1v) is 9.08. The number of carbonyl (C=O) groups is 1. The molecule has 3 aromatic carbocycles. The fourth-order valence-corrected chi connectivity index (χ4v) is 2.86. The number of rotatable bonds is 5. The van der Waals surface area contributed by atoms with Crippen molar-refractivity contribution >= 4 is 11.6 Å². The van der Waals surface area contributed by atoms with Gasteiger partial charge in [-0.15, -0.1) is 10.2 Å².